The van der Waals surface area contributed by atoms with Gasteiger partial charge in [-0.2, -0.15) is 0 Å². The van der Waals surface area contributed by atoms with Crippen molar-refractivity contribution >= 4 is 28.6 Å². The second-order valence-electron chi connectivity index (χ2n) is 4.25. The van der Waals surface area contributed by atoms with Crippen molar-refractivity contribution < 1.29 is 13.9 Å². The van der Waals surface area contributed by atoms with Gasteiger partial charge in [-0.25, -0.2) is 4.39 Å². The molecule has 2 aromatic rings. The molecule has 2 aromatic carbocycles. The van der Waals surface area contributed by atoms with Crippen LogP contribution in [0.2, 0.25) is 0 Å². The lowest BCUT2D eigenvalue weighted by Gasteiger charge is -2.15. The zero-order chi connectivity index (χ0) is 15.4. The number of ether oxygens (including phenoxy) is 2. The van der Waals surface area contributed by atoms with Crippen molar-refractivity contribution in [2.24, 2.45) is 5.73 Å². The fourth-order valence-corrected chi connectivity index (χ4v) is 2.05. The molecule has 0 saturated carbocycles. The van der Waals surface area contributed by atoms with Gasteiger partial charge in [0.1, 0.15) is 22.3 Å². The minimum absolute atomic E-state index is 0.115. The number of rotatable bonds is 5. The molecule has 2 rings (SSSR count). The molecule has 110 valence electrons. The van der Waals surface area contributed by atoms with Crippen molar-refractivity contribution in [3.8, 4) is 11.5 Å². The predicted molar refractivity (Wildman–Crippen MR) is 85.1 cm³/mol. The second-order valence-corrected chi connectivity index (χ2v) is 4.69. The molecule has 0 fully saturated rings. The molecule has 0 amide bonds. The van der Waals surface area contributed by atoms with E-state index in [2.05, 4.69) is 5.32 Å². The maximum Gasteiger partial charge on any atom is 0.145 e. The van der Waals surface area contributed by atoms with E-state index < -0.39 is 5.82 Å². The average Bonchev–Trinajstić information content (AvgIpc) is 2.49. The van der Waals surface area contributed by atoms with Crippen molar-refractivity contribution in [3.63, 3.8) is 0 Å². The maximum absolute atomic E-state index is 13.3. The van der Waals surface area contributed by atoms with E-state index in [9.17, 15) is 4.39 Å². The summed E-state index contributed by atoms with van der Waals surface area (Å²) in [6.45, 7) is 0. The molecule has 0 saturated heterocycles. The number of halogens is 1. The van der Waals surface area contributed by atoms with E-state index in [-0.39, 0.29) is 4.99 Å². The van der Waals surface area contributed by atoms with Crippen LogP contribution in [0.3, 0.4) is 0 Å². The number of methoxy groups -OCH3 is 2. The monoisotopic (exact) mass is 306 g/mol. The van der Waals surface area contributed by atoms with E-state index in [0.717, 1.165) is 0 Å². The Bertz CT molecular complexity index is 677. The molecule has 0 radical (unpaired) electrons. The molecule has 0 aliphatic heterocycles. The first-order chi connectivity index (χ1) is 10.0. The van der Waals surface area contributed by atoms with Crippen LogP contribution >= 0.6 is 12.2 Å². The number of hydrogen-bond acceptors (Lipinski definition) is 4. The summed E-state index contributed by atoms with van der Waals surface area (Å²) in [6.07, 6.45) is 0. The van der Waals surface area contributed by atoms with Gasteiger partial charge in [-0.3, -0.25) is 0 Å². The van der Waals surface area contributed by atoms with Gasteiger partial charge in [-0.15, -0.1) is 0 Å². The molecule has 0 atom stereocenters. The first-order valence-electron chi connectivity index (χ1n) is 6.13. The van der Waals surface area contributed by atoms with E-state index in [4.69, 9.17) is 27.4 Å². The standard InChI is InChI=1S/C15H15FN2O2S/c1-19-10-4-6-13(14(8-10)20-2)18-12-5-3-9(16)7-11(12)15(17)21/h3-8,18H,1-2H3,(H2,17,21). The van der Waals surface area contributed by atoms with Gasteiger partial charge in [0.25, 0.3) is 0 Å². The highest BCUT2D eigenvalue weighted by molar-refractivity contribution is 7.80. The summed E-state index contributed by atoms with van der Waals surface area (Å²) in [5, 5.41) is 3.14. The molecule has 0 unspecified atom stereocenters. The van der Waals surface area contributed by atoms with Gasteiger partial charge >= 0.3 is 0 Å². The number of anilines is 2. The number of benzene rings is 2. The third kappa shape index (κ3) is 3.41. The molecular weight excluding hydrogens is 291 g/mol. The Morgan fingerprint density at radius 3 is 2.43 bits per heavy atom. The highest BCUT2D eigenvalue weighted by Crippen LogP contribution is 2.32. The lowest BCUT2D eigenvalue weighted by molar-refractivity contribution is 0.395. The molecule has 0 heterocycles. The molecule has 0 aromatic heterocycles. The van der Waals surface area contributed by atoms with Gasteiger partial charge in [0.05, 0.1) is 19.9 Å². The molecule has 3 N–H and O–H groups in total. The fourth-order valence-electron chi connectivity index (χ4n) is 1.88. The molecule has 0 spiro atoms. The van der Waals surface area contributed by atoms with Gasteiger partial charge in [0.2, 0.25) is 0 Å². The summed E-state index contributed by atoms with van der Waals surface area (Å²) < 4.78 is 23.8. The predicted octanol–water partition coefficient (Wildman–Crippen LogP) is 3.22. The summed E-state index contributed by atoms with van der Waals surface area (Å²) in [6, 6.07) is 9.53. The largest absolute Gasteiger partial charge is 0.497 e. The summed E-state index contributed by atoms with van der Waals surface area (Å²) in [7, 11) is 3.13. The van der Waals surface area contributed by atoms with E-state index in [1.165, 1.54) is 12.1 Å². The highest BCUT2D eigenvalue weighted by Gasteiger charge is 2.10. The Morgan fingerprint density at radius 1 is 1.10 bits per heavy atom. The van der Waals surface area contributed by atoms with Gasteiger partial charge in [-0.1, -0.05) is 12.2 Å². The normalized spacial score (nSPS) is 10.0. The third-order valence-electron chi connectivity index (χ3n) is 2.93. The number of hydrogen-bond donors (Lipinski definition) is 2. The number of thiocarbonyl (C=S) groups is 1. The molecule has 0 aliphatic carbocycles. The Morgan fingerprint density at radius 2 is 1.81 bits per heavy atom. The number of nitrogens with two attached hydrogens (primary N) is 1. The molecule has 21 heavy (non-hydrogen) atoms. The van der Waals surface area contributed by atoms with Crippen LogP contribution in [0, 0.1) is 5.82 Å². The summed E-state index contributed by atoms with van der Waals surface area (Å²) in [4.78, 5) is 0.115. The average molecular weight is 306 g/mol. The van der Waals surface area contributed by atoms with Crippen molar-refractivity contribution in [2.75, 3.05) is 19.5 Å². The minimum Gasteiger partial charge on any atom is -0.497 e. The van der Waals surface area contributed by atoms with Gasteiger partial charge in [-0.05, 0) is 30.3 Å². The molecule has 4 nitrogen and oxygen atoms in total. The van der Waals surface area contributed by atoms with Crippen molar-refractivity contribution in [1.82, 2.24) is 0 Å². The second kappa shape index (κ2) is 6.41. The van der Waals surface area contributed by atoms with Crippen LogP contribution in [-0.4, -0.2) is 19.2 Å². The fraction of sp³-hybridized carbons (Fsp3) is 0.133. The summed E-state index contributed by atoms with van der Waals surface area (Å²) >= 11 is 4.95. The Hall–Kier alpha value is -2.34. The summed E-state index contributed by atoms with van der Waals surface area (Å²) in [5.41, 5.74) is 7.36. The van der Waals surface area contributed by atoms with Crippen LogP contribution in [0.1, 0.15) is 5.56 Å². The van der Waals surface area contributed by atoms with Crippen molar-refractivity contribution in [2.45, 2.75) is 0 Å². The zero-order valence-electron chi connectivity index (χ0n) is 11.6. The lowest BCUT2D eigenvalue weighted by atomic mass is 10.1. The third-order valence-corrected chi connectivity index (χ3v) is 3.15. The van der Waals surface area contributed by atoms with Gasteiger partial charge in [0.15, 0.2) is 0 Å². The van der Waals surface area contributed by atoms with Crippen LogP contribution in [0.5, 0.6) is 11.5 Å². The Kier molecular flexibility index (Phi) is 4.59. The topological polar surface area (TPSA) is 56.5 Å². The van der Waals surface area contributed by atoms with E-state index in [0.29, 0.717) is 28.4 Å². The minimum atomic E-state index is -0.398. The van der Waals surface area contributed by atoms with E-state index in [1.54, 1.807) is 38.5 Å². The van der Waals surface area contributed by atoms with Gasteiger partial charge in [0, 0.05) is 17.3 Å². The van der Waals surface area contributed by atoms with Crippen molar-refractivity contribution in [3.05, 3.63) is 47.8 Å². The Labute approximate surface area is 127 Å². The van der Waals surface area contributed by atoms with Gasteiger partial charge < -0.3 is 20.5 Å². The first kappa shape index (κ1) is 15.1. The van der Waals surface area contributed by atoms with Crippen LogP contribution in [0.15, 0.2) is 36.4 Å². The maximum atomic E-state index is 13.3. The molecular formula is C15H15FN2O2S. The molecule has 0 bridgehead atoms. The zero-order valence-corrected chi connectivity index (χ0v) is 12.5. The highest BCUT2D eigenvalue weighted by atomic mass is 32.1. The van der Waals surface area contributed by atoms with Crippen LogP contribution in [-0.2, 0) is 0 Å². The quantitative estimate of drug-likeness (QED) is 0.831. The Balaban J connectivity index is 2.40. The van der Waals surface area contributed by atoms with E-state index >= 15 is 0 Å². The number of nitrogens with one attached hydrogen (secondary N) is 1. The van der Waals surface area contributed by atoms with Crippen LogP contribution < -0.4 is 20.5 Å². The van der Waals surface area contributed by atoms with Crippen molar-refractivity contribution in [1.29, 1.82) is 0 Å². The lowest BCUT2D eigenvalue weighted by Crippen LogP contribution is -2.12. The van der Waals surface area contributed by atoms with E-state index in [1.807, 2.05) is 0 Å². The summed E-state index contributed by atoms with van der Waals surface area (Å²) in [5.74, 6) is 0.865. The molecule has 6 heteroatoms. The van der Waals surface area contributed by atoms with Crippen LogP contribution in [0.25, 0.3) is 0 Å². The molecule has 0 aliphatic rings. The SMILES string of the molecule is COc1ccc(Nc2ccc(F)cc2C(N)=S)c(OC)c1. The smallest absolute Gasteiger partial charge is 0.145 e. The van der Waals surface area contributed by atoms with Crippen LogP contribution in [0.4, 0.5) is 15.8 Å². The first-order valence-corrected chi connectivity index (χ1v) is 6.54.